The second kappa shape index (κ2) is 19.3. The van der Waals surface area contributed by atoms with Gasteiger partial charge in [0.2, 0.25) is 0 Å². The zero-order valence-corrected chi connectivity index (χ0v) is 45.6. The number of ether oxygens (including phenoxy) is 4. The van der Waals surface area contributed by atoms with E-state index in [-0.39, 0.29) is 167 Å². The second-order valence-electron chi connectivity index (χ2n) is 20.6. The minimum Gasteiger partial charge on any atom is -0.481 e. The molecule has 19 unspecified atom stereocenters. The third-order valence-electron chi connectivity index (χ3n) is 17.2. The Morgan fingerprint density at radius 2 is 1.25 bits per heavy atom. The van der Waals surface area contributed by atoms with Crippen molar-refractivity contribution in [3.8, 4) is 0 Å². The van der Waals surface area contributed by atoms with Crippen LogP contribution in [0.2, 0.25) is 0 Å². The summed E-state index contributed by atoms with van der Waals surface area (Å²) in [5, 5.41) is 83.1. The van der Waals surface area contributed by atoms with Crippen molar-refractivity contribution in [3.63, 3.8) is 0 Å². The molecule has 0 aromatic rings. The van der Waals surface area contributed by atoms with Crippen LogP contribution in [0.15, 0.2) is 11.6 Å². The van der Waals surface area contributed by atoms with Crippen molar-refractivity contribution in [3.05, 3.63) is 11.6 Å². The minimum absolute atomic E-state index is 0. The van der Waals surface area contributed by atoms with Gasteiger partial charge < -0.3 is 59.8 Å². The summed E-state index contributed by atoms with van der Waals surface area (Å²) in [5.41, 5.74) is -1.63. The van der Waals surface area contributed by atoms with Gasteiger partial charge in [0.15, 0.2) is 30.6 Å². The van der Waals surface area contributed by atoms with Gasteiger partial charge in [-0.3, -0.25) is 9.59 Å². The number of carboxylic acid groups (broad SMARTS) is 3. The molecule has 0 bridgehead atoms. The normalized spacial score (nSPS) is 50.0. The van der Waals surface area contributed by atoms with Crippen molar-refractivity contribution in [1.82, 2.24) is 0 Å². The number of hydrogen-bond acceptors (Lipinski definition) is 13. The Balaban J connectivity index is 0.00000273. The van der Waals surface area contributed by atoms with E-state index in [1.54, 1.807) is 0 Å². The predicted octanol–water partition coefficient (Wildman–Crippen LogP) is 1.10. The number of aliphatic hydroxyl groups excluding tert-OH is 5. The molecule has 7 rings (SSSR count). The number of carbonyl (C=O) groups is 4. The molecular weight excluding hydrogens is 862 g/mol. The molecule has 2 heterocycles. The van der Waals surface area contributed by atoms with Gasteiger partial charge in [-0.05, 0) is 110 Å². The largest absolute Gasteiger partial charge is 0.481 e. The molecular formula is C42H62K2NaO16. The van der Waals surface area contributed by atoms with E-state index in [9.17, 15) is 60.0 Å². The summed E-state index contributed by atoms with van der Waals surface area (Å²) >= 11 is 0. The molecule has 8 N–H and O–H groups in total. The van der Waals surface area contributed by atoms with Crippen LogP contribution in [0, 0.1) is 50.2 Å². The maximum atomic E-state index is 14.8. The van der Waals surface area contributed by atoms with Crippen molar-refractivity contribution in [2.45, 2.75) is 174 Å². The van der Waals surface area contributed by atoms with Crippen LogP contribution in [0.5, 0.6) is 0 Å². The third-order valence-corrected chi connectivity index (χ3v) is 17.2. The van der Waals surface area contributed by atoms with Crippen LogP contribution in [-0.2, 0) is 38.1 Å². The molecule has 3 radical (unpaired) electrons. The fourth-order valence-corrected chi connectivity index (χ4v) is 13.4. The van der Waals surface area contributed by atoms with Crippen molar-refractivity contribution in [2.24, 2.45) is 50.2 Å². The number of aliphatic hydroxyl groups is 5. The third kappa shape index (κ3) is 8.85. The molecule has 5 aliphatic carbocycles. The van der Waals surface area contributed by atoms with Gasteiger partial charge in [0.05, 0.1) is 11.5 Å². The number of carbonyl (C=O) groups excluding carboxylic acids is 1. The van der Waals surface area contributed by atoms with E-state index >= 15 is 0 Å². The van der Waals surface area contributed by atoms with Gasteiger partial charge in [0.1, 0.15) is 36.6 Å². The van der Waals surface area contributed by atoms with Gasteiger partial charge in [-0.15, -0.1) is 0 Å². The summed E-state index contributed by atoms with van der Waals surface area (Å²) in [5.74, 6) is -4.42. The molecule has 329 valence electrons. The second-order valence-corrected chi connectivity index (χ2v) is 20.6. The van der Waals surface area contributed by atoms with Gasteiger partial charge in [-0.25, -0.2) is 9.59 Å². The van der Waals surface area contributed by atoms with Crippen LogP contribution in [0.25, 0.3) is 0 Å². The van der Waals surface area contributed by atoms with Crippen molar-refractivity contribution in [2.75, 3.05) is 0 Å². The van der Waals surface area contributed by atoms with E-state index in [1.165, 1.54) is 0 Å². The fraction of sp³-hybridized carbons (Fsp3) is 0.857. The average molecular weight is 924 g/mol. The Bertz CT molecular complexity index is 1750. The molecule has 0 aromatic carbocycles. The molecule has 19 heteroatoms. The summed E-state index contributed by atoms with van der Waals surface area (Å²) < 4.78 is 22.8. The average Bonchev–Trinajstić information content (AvgIpc) is 3.13. The van der Waals surface area contributed by atoms with Gasteiger partial charge in [-0.1, -0.05) is 47.1 Å². The summed E-state index contributed by atoms with van der Waals surface area (Å²) in [7, 11) is 0. The number of rotatable bonds is 7. The van der Waals surface area contributed by atoms with Crippen LogP contribution in [-0.4, -0.2) is 264 Å². The van der Waals surface area contributed by atoms with Gasteiger partial charge >= 0.3 is 17.9 Å². The molecule has 7 aliphatic rings. The molecule has 19 atom stereocenters. The Labute approximate surface area is 464 Å². The van der Waals surface area contributed by atoms with Gasteiger partial charge in [-0.2, -0.15) is 0 Å². The number of hydrogen-bond donors (Lipinski definition) is 8. The van der Waals surface area contributed by atoms with E-state index in [4.69, 9.17) is 18.9 Å². The first-order chi connectivity index (χ1) is 26.8. The Kier molecular flexibility index (Phi) is 17.5. The van der Waals surface area contributed by atoms with Gasteiger partial charge in [0, 0.05) is 138 Å². The first-order valence-corrected chi connectivity index (χ1v) is 20.7. The topological polar surface area (TPSA) is 267 Å². The maximum Gasteiger partial charge on any atom is 0.335 e. The Hall–Kier alpha value is 1.73. The van der Waals surface area contributed by atoms with Crippen LogP contribution < -0.4 is 0 Å². The molecule has 2 aliphatic heterocycles. The van der Waals surface area contributed by atoms with Crippen LogP contribution in [0.4, 0.5) is 0 Å². The zero-order valence-electron chi connectivity index (χ0n) is 37.4. The number of fused-ring (bicyclic) bond motifs is 7. The predicted molar refractivity (Wildman–Crippen MR) is 217 cm³/mol. The summed E-state index contributed by atoms with van der Waals surface area (Å²) in [6.07, 6.45) is -12.1. The SMILES string of the molecule is CC1(C(=O)O)CCC2(C)CCC3(C)C(=CC(=O)C4C5(C)CCC(OC6OC(C(=O)O)C(OC7OC(C(=O)O)C(O)C(O)C7O)C(O)C6O)C(C)(C)C5CCC43C)C2C1.[K].[K].[Na]. The fourth-order valence-electron chi connectivity index (χ4n) is 13.4. The van der Waals surface area contributed by atoms with Crippen molar-refractivity contribution >= 4 is 156 Å². The smallest absolute Gasteiger partial charge is 0.335 e. The van der Waals surface area contributed by atoms with E-state index < -0.39 is 107 Å². The Morgan fingerprint density at radius 3 is 1.84 bits per heavy atom. The molecule has 0 spiro atoms. The van der Waals surface area contributed by atoms with E-state index in [0.29, 0.717) is 25.7 Å². The maximum absolute atomic E-state index is 14.8. The molecule has 4 saturated carbocycles. The van der Waals surface area contributed by atoms with Crippen molar-refractivity contribution in [1.29, 1.82) is 0 Å². The molecule has 0 amide bonds. The Morgan fingerprint density at radius 1 is 0.689 bits per heavy atom. The number of ketones is 1. The van der Waals surface area contributed by atoms with E-state index in [1.807, 2.05) is 26.8 Å². The van der Waals surface area contributed by atoms with Crippen molar-refractivity contribution < 1.29 is 79.0 Å². The number of allylic oxidation sites excluding steroid dienone is 2. The quantitative estimate of drug-likeness (QED) is 0.131. The molecule has 16 nitrogen and oxygen atoms in total. The first-order valence-electron chi connectivity index (χ1n) is 20.7. The van der Waals surface area contributed by atoms with Crippen LogP contribution in [0.3, 0.4) is 0 Å². The summed E-state index contributed by atoms with van der Waals surface area (Å²) in [4.78, 5) is 51.4. The van der Waals surface area contributed by atoms with E-state index in [0.717, 1.165) is 37.7 Å². The first kappa shape index (κ1) is 55.3. The monoisotopic (exact) mass is 923 g/mol. The van der Waals surface area contributed by atoms with Crippen LogP contribution in [0.1, 0.15) is 106 Å². The minimum atomic E-state index is -2.06. The number of carboxylic acids is 3. The van der Waals surface area contributed by atoms with Crippen LogP contribution >= 0.6 is 0 Å². The summed E-state index contributed by atoms with van der Waals surface area (Å²) in [6.45, 7) is 14.9. The zero-order chi connectivity index (χ0) is 42.9. The summed E-state index contributed by atoms with van der Waals surface area (Å²) in [6, 6.07) is 0. The standard InChI is InChI=1S/C42H62O16.2K.Na/c1-37(2)21-8-11-42(7)31(20(43)16-18-19-17-39(4,36(53)54)13-12-38(19,3)14-15-41(18,42)6)40(21,5)10-9-22(37)55-34-27(48)25(46)28(30(58-34)33(51)52)56-35-26(47)23(44)24(45)29(57-35)32(49)50;;;/h16,19,21-31,34-35,44-48H,8-15,17H2,1-7H3,(H,49,50)(H,51,52)(H,53,54);;;. The van der Waals surface area contributed by atoms with E-state index in [2.05, 4.69) is 27.7 Å². The molecule has 2 saturated heterocycles. The number of aliphatic carboxylic acids is 3. The molecule has 61 heavy (non-hydrogen) atoms. The molecule has 0 aromatic heterocycles. The van der Waals surface area contributed by atoms with Gasteiger partial charge in [0.25, 0.3) is 0 Å². The molecule has 6 fully saturated rings.